The van der Waals surface area contributed by atoms with Gasteiger partial charge in [-0.1, -0.05) is 0 Å². The molecule has 8 heteroatoms. The molecule has 0 aliphatic rings. The number of rotatable bonds is 6. The molecule has 0 saturated heterocycles. The summed E-state index contributed by atoms with van der Waals surface area (Å²) in [4.78, 5) is 0.0149. The molecule has 18 heavy (non-hydrogen) atoms. The first-order chi connectivity index (χ1) is 8.36. The number of benzene rings is 1. The number of hydrogen-bond acceptors (Lipinski definition) is 5. The Kier molecular flexibility index (Phi) is 5.12. The van der Waals surface area contributed by atoms with Crippen LogP contribution in [0.5, 0.6) is 5.75 Å². The molecule has 0 heterocycles. The molecule has 0 aliphatic carbocycles. The van der Waals surface area contributed by atoms with Crippen molar-refractivity contribution in [1.82, 2.24) is 4.72 Å². The first kappa shape index (κ1) is 14.9. The van der Waals surface area contributed by atoms with E-state index in [4.69, 9.17) is 10.5 Å². The second-order valence-corrected chi connectivity index (χ2v) is 6.88. The van der Waals surface area contributed by atoms with Crippen molar-refractivity contribution in [2.24, 2.45) is 0 Å². The Morgan fingerprint density at radius 2 is 2.11 bits per heavy atom. The fraction of sp³-hybridized carbons (Fsp3) is 0.400. The number of sulfonamides is 1. The average molecular weight is 292 g/mol. The van der Waals surface area contributed by atoms with E-state index in [0.29, 0.717) is 5.69 Å². The van der Waals surface area contributed by atoms with Crippen molar-refractivity contribution >= 4 is 26.5 Å². The Labute approximate surface area is 109 Å². The van der Waals surface area contributed by atoms with Crippen LogP contribution in [0.15, 0.2) is 23.1 Å². The van der Waals surface area contributed by atoms with E-state index in [2.05, 4.69) is 4.72 Å². The van der Waals surface area contributed by atoms with E-state index < -0.39 is 20.8 Å². The lowest BCUT2D eigenvalue weighted by Crippen LogP contribution is -2.28. The number of hydrogen-bond donors (Lipinski definition) is 2. The summed E-state index contributed by atoms with van der Waals surface area (Å²) >= 11 is 0. The van der Waals surface area contributed by atoms with E-state index >= 15 is 0 Å². The zero-order valence-corrected chi connectivity index (χ0v) is 11.8. The maximum absolute atomic E-state index is 12.0. The van der Waals surface area contributed by atoms with Crippen molar-refractivity contribution in [2.45, 2.75) is 4.90 Å². The normalized spacial score (nSPS) is 13.2. The highest BCUT2D eigenvalue weighted by atomic mass is 32.2. The highest BCUT2D eigenvalue weighted by molar-refractivity contribution is 7.89. The largest absolute Gasteiger partial charge is 0.495 e. The van der Waals surface area contributed by atoms with Gasteiger partial charge in [-0.05, 0) is 12.1 Å². The van der Waals surface area contributed by atoms with Gasteiger partial charge in [0.1, 0.15) is 10.6 Å². The molecular weight excluding hydrogens is 276 g/mol. The summed E-state index contributed by atoms with van der Waals surface area (Å²) in [6.45, 7) is 0.110. The van der Waals surface area contributed by atoms with Gasteiger partial charge in [-0.15, -0.1) is 0 Å². The molecule has 0 amide bonds. The summed E-state index contributed by atoms with van der Waals surface area (Å²) in [5.41, 5.74) is 5.97. The van der Waals surface area contributed by atoms with E-state index in [1.807, 2.05) is 0 Å². The SMILES string of the molecule is COc1cc(N)ccc1S(=O)(=O)NCCS(C)=O. The van der Waals surface area contributed by atoms with Gasteiger partial charge in [-0.2, -0.15) is 0 Å². The van der Waals surface area contributed by atoms with Gasteiger partial charge in [-0.25, -0.2) is 13.1 Å². The summed E-state index contributed by atoms with van der Waals surface area (Å²) in [5.74, 6) is 0.441. The summed E-state index contributed by atoms with van der Waals surface area (Å²) < 4.78 is 42.2. The number of methoxy groups -OCH3 is 1. The van der Waals surface area contributed by atoms with Crippen molar-refractivity contribution in [3.05, 3.63) is 18.2 Å². The summed E-state index contributed by atoms with van der Waals surface area (Å²) in [5, 5.41) is 0. The average Bonchev–Trinajstić information content (AvgIpc) is 2.27. The minimum Gasteiger partial charge on any atom is -0.495 e. The van der Waals surface area contributed by atoms with E-state index in [9.17, 15) is 12.6 Å². The molecule has 102 valence electrons. The highest BCUT2D eigenvalue weighted by Gasteiger charge is 2.19. The first-order valence-corrected chi connectivity index (χ1v) is 8.31. The second kappa shape index (κ2) is 6.17. The summed E-state index contributed by atoms with van der Waals surface area (Å²) in [6, 6.07) is 4.29. The predicted octanol–water partition coefficient (Wildman–Crippen LogP) is -0.0658. The molecule has 0 bridgehead atoms. The standard InChI is InChI=1S/C10H16N2O4S2/c1-16-9-7-8(11)3-4-10(9)18(14,15)12-5-6-17(2)13/h3-4,7,12H,5-6,11H2,1-2H3. The smallest absolute Gasteiger partial charge is 0.244 e. The molecular formula is C10H16N2O4S2. The van der Waals surface area contributed by atoms with Crippen molar-refractivity contribution in [2.75, 3.05) is 31.4 Å². The van der Waals surface area contributed by atoms with Crippen LogP contribution in [0, 0.1) is 0 Å². The Morgan fingerprint density at radius 1 is 1.44 bits per heavy atom. The van der Waals surface area contributed by atoms with Gasteiger partial charge in [0.2, 0.25) is 10.0 Å². The van der Waals surface area contributed by atoms with Crippen LogP contribution in [-0.4, -0.2) is 38.3 Å². The Bertz CT molecular complexity index is 543. The van der Waals surface area contributed by atoms with Gasteiger partial charge in [-0.3, -0.25) is 4.21 Å². The lowest BCUT2D eigenvalue weighted by Gasteiger charge is -2.10. The molecule has 1 aromatic carbocycles. The Balaban J connectivity index is 2.94. The second-order valence-electron chi connectivity index (χ2n) is 3.59. The van der Waals surface area contributed by atoms with Crippen LogP contribution < -0.4 is 15.2 Å². The van der Waals surface area contributed by atoms with Gasteiger partial charge in [0, 0.05) is 41.1 Å². The molecule has 1 atom stereocenters. The first-order valence-electron chi connectivity index (χ1n) is 5.10. The van der Waals surface area contributed by atoms with Gasteiger partial charge >= 0.3 is 0 Å². The minimum atomic E-state index is -3.68. The molecule has 1 aromatic rings. The van der Waals surface area contributed by atoms with Gasteiger partial charge in [0.05, 0.1) is 7.11 Å². The fourth-order valence-electron chi connectivity index (χ4n) is 1.30. The van der Waals surface area contributed by atoms with Crippen LogP contribution in [0.3, 0.4) is 0 Å². The van der Waals surface area contributed by atoms with Crippen LogP contribution in [0.25, 0.3) is 0 Å². The summed E-state index contributed by atoms with van der Waals surface area (Å²) in [6.07, 6.45) is 1.51. The van der Waals surface area contributed by atoms with Crippen molar-refractivity contribution in [3.8, 4) is 5.75 Å². The number of ether oxygens (including phenoxy) is 1. The highest BCUT2D eigenvalue weighted by Crippen LogP contribution is 2.25. The fourth-order valence-corrected chi connectivity index (χ4v) is 3.00. The van der Waals surface area contributed by atoms with Gasteiger partial charge in [0.25, 0.3) is 0 Å². The van der Waals surface area contributed by atoms with Crippen LogP contribution in [-0.2, 0) is 20.8 Å². The van der Waals surface area contributed by atoms with E-state index in [1.165, 1.54) is 31.6 Å². The summed E-state index contributed by atoms with van der Waals surface area (Å²) in [7, 11) is -3.36. The van der Waals surface area contributed by atoms with Crippen molar-refractivity contribution in [1.29, 1.82) is 0 Å². The lowest BCUT2D eigenvalue weighted by atomic mass is 10.3. The number of anilines is 1. The molecule has 0 aliphatic heterocycles. The van der Waals surface area contributed by atoms with E-state index in [1.54, 1.807) is 0 Å². The van der Waals surface area contributed by atoms with E-state index in [-0.39, 0.29) is 22.9 Å². The predicted molar refractivity (Wildman–Crippen MR) is 71.5 cm³/mol. The third-order valence-corrected chi connectivity index (χ3v) is 4.44. The molecule has 1 rings (SSSR count). The van der Waals surface area contributed by atoms with Crippen LogP contribution in [0.1, 0.15) is 0 Å². The molecule has 0 fully saturated rings. The maximum atomic E-state index is 12.0. The van der Waals surface area contributed by atoms with Crippen LogP contribution in [0.4, 0.5) is 5.69 Å². The van der Waals surface area contributed by atoms with Crippen molar-refractivity contribution in [3.63, 3.8) is 0 Å². The van der Waals surface area contributed by atoms with E-state index in [0.717, 1.165) is 0 Å². The minimum absolute atomic E-state index is 0.0149. The van der Waals surface area contributed by atoms with Crippen molar-refractivity contribution < 1.29 is 17.4 Å². The zero-order chi connectivity index (χ0) is 13.8. The third-order valence-electron chi connectivity index (χ3n) is 2.16. The third kappa shape index (κ3) is 3.97. The van der Waals surface area contributed by atoms with Gasteiger partial charge < -0.3 is 10.5 Å². The molecule has 0 aromatic heterocycles. The number of nitrogens with two attached hydrogens (primary N) is 1. The number of nitrogen functional groups attached to an aromatic ring is 1. The Hall–Kier alpha value is -1.12. The lowest BCUT2D eigenvalue weighted by molar-refractivity contribution is 0.402. The molecule has 1 unspecified atom stereocenters. The Morgan fingerprint density at radius 3 is 2.67 bits per heavy atom. The number of nitrogens with one attached hydrogen (secondary N) is 1. The molecule has 6 nitrogen and oxygen atoms in total. The molecule has 0 spiro atoms. The van der Waals surface area contributed by atoms with Crippen LogP contribution in [0.2, 0.25) is 0 Å². The van der Waals surface area contributed by atoms with Gasteiger partial charge in [0.15, 0.2) is 0 Å². The molecule has 3 N–H and O–H groups in total. The maximum Gasteiger partial charge on any atom is 0.244 e. The van der Waals surface area contributed by atoms with Crippen LogP contribution >= 0.6 is 0 Å². The quantitative estimate of drug-likeness (QED) is 0.715. The molecule has 0 saturated carbocycles. The molecule has 0 radical (unpaired) electrons. The monoisotopic (exact) mass is 292 g/mol. The zero-order valence-electron chi connectivity index (χ0n) is 10.2. The topological polar surface area (TPSA) is 98.5 Å².